The van der Waals surface area contributed by atoms with Gasteiger partial charge in [-0.05, 0) is 68.9 Å². The maximum absolute atomic E-state index is 10.7. The van der Waals surface area contributed by atoms with Crippen LogP contribution in [0.1, 0.15) is 10.5 Å². The van der Waals surface area contributed by atoms with E-state index in [0.717, 1.165) is 19.4 Å². The first kappa shape index (κ1) is 13.3. The largest absolute Gasteiger partial charge is 0.477 e. The van der Waals surface area contributed by atoms with E-state index in [9.17, 15) is 4.79 Å². The van der Waals surface area contributed by atoms with Crippen LogP contribution in [0.25, 0.3) is 0 Å². The van der Waals surface area contributed by atoms with Crippen molar-refractivity contribution in [3.8, 4) is 0 Å². The van der Waals surface area contributed by atoms with E-state index in [4.69, 9.17) is 5.11 Å². The molecule has 0 saturated carbocycles. The molecule has 0 bridgehead atoms. The summed E-state index contributed by atoms with van der Waals surface area (Å²) in [4.78, 5) is 14.5. The van der Waals surface area contributed by atoms with Gasteiger partial charge in [-0.1, -0.05) is 0 Å². The van der Waals surface area contributed by atoms with Gasteiger partial charge in [0.25, 0.3) is 0 Å². The Morgan fingerprint density at radius 2 is 2.00 bits per heavy atom. The fourth-order valence-electron chi connectivity index (χ4n) is 1.33. The second kappa shape index (κ2) is 5.66. The molecule has 92 valence electrons. The maximum Gasteiger partial charge on any atom is 0.354 e. The smallest absolute Gasteiger partial charge is 0.354 e. The molecule has 2 aromatic rings. The molecule has 6 heteroatoms. The number of nitrogens with one attached hydrogen (secondary N) is 1. The first-order chi connectivity index (χ1) is 8.56. The van der Waals surface area contributed by atoms with Crippen LogP contribution < -0.4 is 5.32 Å². The van der Waals surface area contributed by atoms with Gasteiger partial charge >= 0.3 is 5.97 Å². The lowest BCUT2D eigenvalue weighted by atomic mass is 10.3. The minimum absolute atomic E-state index is 0.0333. The molecule has 2 N–H and O–H groups in total. The summed E-state index contributed by atoms with van der Waals surface area (Å²) in [5.74, 6) is -1.03. The Balaban J connectivity index is 2.18. The molecule has 1 aromatic carbocycles. The van der Waals surface area contributed by atoms with Gasteiger partial charge < -0.3 is 10.4 Å². The highest BCUT2D eigenvalue weighted by molar-refractivity contribution is 14.1. The van der Waals surface area contributed by atoms with E-state index in [-0.39, 0.29) is 5.69 Å². The highest BCUT2D eigenvalue weighted by atomic mass is 127. The number of hydrogen-bond acceptors (Lipinski definition) is 3. The summed E-state index contributed by atoms with van der Waals surface area (Å²) in [6.07, 6.45) is 1.50. The van der Waals surface area contributed by atoms with Crippen molar-refractivity contribution in [2.45, 2.75) is 0 Å². The molecule has 0 radical (unpaired) electrons. The number of halogens is 2. The van der Waals surface area contributed by atoms with E-state index < -0.39 is 5.97 Å². The van der Waals surface area contributed by atoms with Gasteiger partial charge in [0.1, 0.15) is 5.69 Å². The van der Waals surface area contributed by atoms with Crippen LogP contribution in [-0.2, 0) is 0 Å². The summed E-state index contributed by atoms with van der Waals surface area (Å²) in [7, 11) is 0. The molecule has 0 fully saturated rings. The fourth-order valence-corrected chi connectivity index (χ4v) is 2.10. The van der Waals surface area contributed by atoms with Crippen LogP contribution in [-0.4, -0.2) is 16.1 Å². The van der Waals surface area contributed by atoms with Gasteiger partial charge in [0, 0.05) is 13.7 Å². The van der Waals surface area contributed by atoms with Crippen LogP contribution >= 0.6 is 38.5 Å². The number of hydrogen-bond donors (Lipinski definition) is 2. The highest BCUT2D eigenvalue weighted by Gasteiger charge is 2.04. The van der Waals surface area contributed by atoms with Gasteiger partial charge in [0.15, 0.2) is 0 Å². The molecule has 0 aliphatic rings. The number of rotatable bonds is 3. The van der Waals surface area contributed by atoms with Gasteiger partial charge in [-0.3, -0.25) is 0 Å². The summed E-state index contributed by atoms with van der Waals surface area (Å²) in [6.45, 7) is 0. The Kier molecular flexibility index (Phi) is 4.18. The van der Waals surface area contributed by atoms with Crippen molar-refractivity contribution in [2.24, 2.45) is 0 Å². The van der Waals surface area contributed by atoms with E-state index in [1.165, 1.54) is 12.3 Å². The van der Waals surface area contributed by atoms with Crippen LogP contribution in [0.4, 0.5) is 11.4 Å². The number of nitrogens with zero attached hydrogens (tertiary/aromatic N) is 1. The average molecular weight is 419 g/mol. The second-order valence-corrected chi connectivity index (χ2v) is 5.51. The fraction of sp³-hybridized carbons (Fsp3) is 0. The van der Waals surface area contributed by atoms with E-state index in [2.05, 4.69) is 48.8 Å². The molecule has 0 aliphatic heterocycles. The number of anilines is 2. The van der Waals surface area contributed by atoms with Gasteiger partial charge in [0.05, 0.1) is 11.9 Å². The number of aromatic nitrogens is 1. The number of carbonyl (C=O) groups is 1. The predicted molar refractivity (Wildman–Crippen MR) is 81.3 cm³/mol. The molecule has 18 heavy (non-hydrogen) atoms. The average Bonchev–Trinajstić information content (AvgIpc) is 2.34. The minimum Gasteiger partial charge on any atom is -0.477 e. The van der Waals surface area contributed by atoms with Gasteiger partial charge in [-0.15, -0.1) is 0 Å². The van der Waals surface area contributed by atoms with Crippen molar-refractivity contribution in [3.63, 3.8) is 0 Å². The monoisotopic (exact) mass is 418 g/mol. The van der Waals surface area contributed by atoms with Crippen LogP contribution in [0.15, 0.2) is 41.0 Å². The zero-order chi connectivity index (χ0) is 13.1. The van der Waals surface area contributed by atoms with Crippen molar-refractivity contribution in [2.75, 3.05) is 5.32 Å². The summed E-state index contributed by atoms with van der Waals surface area (Å²) in [5, 5.41) is 11.9. The third kappa shape index (κ3) is 3.20. The number of aromatic carboxylic acids is 1. The summed E-state index contributed by atoms with van der Waals surface area (Å²) >= 11 is 5.65. The predicted octanol–water partition coefficient (Wildman–Crippen LogP) is 3.89. The normalized spacial score (nSPS) is 10.1. The Morgan fingerprint density at radius 3 is 2.56 bits per heavy atom. The summed E-state index contributed by atoms with van der Waals surface area (Å²) < 4.78 is 2.13. The molecule has 1 heterocycles. The quantitative estimate of drug-likeness (QED) is 0.742. The SMILES string of the molecule is O=C(O)c1ccc(Nc2ccc(Br)c(I)c2)cn1. The zero-order valence-electron chi connectivity index (χ0n) is 9.02. The summed E-state index contributed by atoms with van der Waals surface area (Å²) in [6, 6.07) is 9.01. The number of carboxylic acid groups (broad SMARTS) is 1. The second-order valence-electron chi connectivity index (χ2n) is 3.49. The van der Waals surface area contributed by atoms with Gasteiger partial charge in [-0.25, -0.2) is 9.78 Å². The molecule has 1 aromatic heterocycles. The van der Waals surface area contributed by atoms with Crippen molar-refractivity contribution < 1.29 is 9.90 Å². The molecular formula is C12H8BrIN2O2. The van der Waals surface area contributed by atoms with E-state index >= 15 is 0 Å². The molecule has 0 saturated heterocycles. The molecule has 0 amide bonds. The molecule has 2 rings (SSSR count). The van der Waals surface area contributed by atoms with Crippen LogP contribution in [0.5, 0.6) is 0 Å². The van der Waals surface area contributed by atoms with Crippen LogP contribution in [0.3, 0.4) is 0 Å². The van der Waals surface area contributed by atoms with Crippen molar-refractivity contribution in [1.29, 1.82) is 0 Å². The van der Waals surface area contributed by atoms with Crippen molar-refractivity contribution in [1.82, 2.24) is 4.98 Å². The topological polar surface area (TPSA) is 62.2 Å². The van der Waals surface area contributed by atoms with Gasteiger partial charge in [0.2, 0.25) is 0 Å². The lowest BCUT2D eigenvalue weighted by Crippen LogP contribution is -2.00. The third-order valence-electron chi connectivity index (χ3n) is 2.19. The summed E-state index contributed by atoms with van der Waals surface area (Å²) in [5.41, 5.74) is 1.71. The third-order valence-corrected chi connectivity index (χ3v) is 4.52. The molecule has 0 spiro atoms. The Labute approximate surface area is 126 Å². The van der Waals surface area contributed by atoms with Crippen molar-refractivity contribution >= 4 is 55.9 Å². The Hall–Kier alpha value is -1.15. The maximum atomic E-state index is 10.7. The van der Waals surface area contributed by atoms with Crippen molar-refractivity contribution in [3.05, 3.63) is 50.3 Å². The van der Waals surface area contributed by atoms with E-state index in [1.54, 1.807) is 6.07 Å². The Morgan fingerprint density at radius 1 is 1.28 bits per heavy atom. The number of carboxylic acids is 1. The van der Waals surface area contributed by atoms with Crippen LogP contribution in [0.2, 0.25) is 0 Å². The molecule has 0 unspecified atom stereocenters. The highest BCUT2D eigenvalue weighted by Crippen LogP contribution is 2.24. The lowest BCUT2D eigenvalue weighted by Gasteiger charge is -2.07. The first-order valence-corrected chi connectivity index (χ1v) is 6.85. The zero-order valence-corrected chi connectivity index (χ0v) is 12.8. The molecular weight excluding hydrogens is 411 g/mol. The van der Waals surface area contributed by atoms with Crippen LogP contribution in [0, 0.1) is 3.57 Å². The number of benzene rings is 1. The Bertz CT molecular complexity index is 587. The molecule has 4 nitrogen and oxygen atoms in total. The minimum atomic E-state index is -1.03. The van der Waals surface area contributed by atoms with E-state index in [1.807, 2.05) is 18.2 Å². The standard InChI is InChI=1S/C12H8BrIN2O2/c13-9-3-1-7(5-10(9)14)16-8-2-4-11(12(17)18)15-6-8/h1-6,16H,(H,17,18). The molecule has 0 aliphatic carbocycles. The van der Waals surface area contributed by atoms with Gasteiger partial charge in [-0.2, -0.15) is 0 Å². The number of pyridine rings is 1. The van der Waals surface area contributed by atoms with E-state index in [0.29, 0.717) is 0 Å². The lowest BCUT2D eigenvalue weighted by molar-refractivity contribution is 0.0690. The first-order valence-electron chi connectivity index (χ1n) is 4.97. The molecule has 0 atom stereocenters.